The number of nitrogens with zero attached hydrogens (tertiary/aromatic N) is 2. The van der Waals surface area contributed by atoms with Crippen LogP contribution >= 0.6 is 0 Å². The highest BCUT2D eigenvalue weighted by atomic mass is 19.4. The molecule has 1 amide bonds. The summed E-state index contributed by atoms with van der Waals surface area (Å²) in [4.78, 5) is 36.4. The summed E-state index contributed by atoms with van der Waals surface area (Å²) >= 11 is 0. The molecule has 1 aromatic heterocycles. The fourth-order valence-corrected chi connectivity index (χ4v) is 4.12. The summed E-state index contributed by atoms with van der Waals surface area (Å²) < 4.78 is 75.0. The number of hydrogen-bond donors (Lipinski definition) is 3. The van der Waals surface area contributed by atoms with Gasteiger partial charge in [-0.25, -0.2) is 9.59 Å². The predicted molar refractivity (Wildman–Crippen MR) is 129 cm³/mol. The maximum absolute atomic E-state index is 12.3. The Morgan fingerprint density at radius 3 is 2.10 bits per heavy atom. The number of carboxylic acids is 2. The third kappa shape index (κ3) is 10.5. The fraction of sp³-hybridized carbons (Fsp3) is 0.440. The van der Waals surface area contributed by atoms with Gasteiger partial charge in [0.25, 0.3) is 5.91 Å². The van der Waals surface area contributed by atoms with Crippen LogP contribution in [0.15, 0.2) is 48.8 Å². The molecule has 10 nitrogen and oxygen atoms in total. The van der Waals surface area contributed by atoms with E-state index in [0.29, 0.717) is 30.6 Å². The van der Waals surface area contributed by atoms with Crippen LogP contribution < -0.4 is 10.1 Å². The third-order valence-electron chi connectivity index (χ3n) is 6.05. The topological polar surface area (TPSA) is 138 Å². The number of halogens is 6. The lowest BCUT2D eigenvalue weighted by Gasteiger charge is -2.21. The Kier molecular flexibility index (Phi) is 11.9. The number of nitrogens with one attached hydrogen (secondary N) is 1. The van der Waals surface area contributed by atoms with Crippen molar-refractivity contribution in [3.8, 4) is 5.75 Å². The zero-order valence-electron chi connectivity index (χ0n) is 21.5. The number of methoxy groups -OCH3 is 1. The van der Waals surface area contributed by atoms with Crippen LogP contribution in [-0.4, -0.2) is 89.8 Å². The number of carbonyl (C=O) groups excluding carboxylic acids is 1. The van der Waals surface area contributed by atoms with Crippen LogP contribution in [0, 0.1) is 11.8 Å². The molecular weight excluding hydrogens is 568 g/mol. The van der Waals surface area contributed by atoms with E-state index < -0.39 is 24.3 Å². The van der Waals surface area contributed by atoms with E-state index in [-0.39, 0.29) is 12.0 Å². The lowest BCUT2D eigenvalue weighted by Crippen LogP contribution is -2.34. The molecular formula is C25H27F6N3O7. The molecule has 2 aliphatic rings. The molecule has 2 saturated heterocycles. The monoisotopic (exact) mass is 595 g/mol. The number of pyridine rings is 1. The van der Waals surface area contributed by atoms with Gasteiger partial charge in [0.05, 0.1) is 19.8 Å². The van der Waals surface area contributed by atoms with Gasteiger partial charge in [-0.2, -0.15) is 26.3 Å². The lowest BCUT2D eigenvalue weighted by atomic mass is 9.93. The number of benzene rings is 1. The summed E-state index contributed by atoms with van der Waals surface area (Å²) in [6, 6.07) is 11.6. The molecule has 41 heavy (non-hydrogen) atoms. The molecule has 0 spiro atoms. The summed E-state index contributed by atoms with van der Waals surface area (Å²) in [5.74, 6) is -3.83. The fourth-order valence-electron chi connectivity index (χ4n) is 4.12. The van der Waals surface area contributed by atoms with Crippen molar-refractivity contribution in [2.75, 3.05) is 33.4 Å². The minimum absolute atomic E-state index is 0.0512. The van der Waals surface area contributed by atoms with Gasteiger partial charge in [-0.15, -0.1) is 0 Å². The first-order valence-electron chi connectivity index (χ1n) is 11.9. The van der Waals surface area contributed by atoms with E-state index >= 15 is 0 Å². The minimum Gasteiger partial charge on any atom is -0.496 e. The van der Waals surface area contributed by atoms with Crippen molar-refractivity contribution in [2.45, 2.75) is 25.0 Å². The SMILES string of the molecule is COc1ccccc1CN1C[C@@H]2[C@H](CNC(=O)c3ccncc3)CO[C@@H]2C1.O=C(O)C(F)(F)F.O=C(O)C(F)(F)F. The molecule has 3 heterocycles. The largest absolute Gasteiger partial charge is 0.496 e. The van der Waals surface area contributed by atoms with E-state index in [1.807, 2.05) is 18.2 Å². The van der Waals surface area contributed by atoms with Gasteiger partial charge in [0.15, 0.2) is 0 Å². The summed E-state index contributed by atoms with van der Waals surface area (Å²) in [6.45, 7) is 4.13. The van der Waals surface area contributed by atoms with Crippen molar-refractivity contribution in [1.29, 1.82) is 0 Å². The van der Waals surface area contributed by atoms with Gasteiger partial charge >= 0.3 is 24.3 Å². The van der Waals surface area contributed by atoms with Crippen molar-refractivity contribution in [2.24, 2.45) is 11.8 Å². The van der Waals surface area contributed by atoms with Gasteiger partial charge in [0, 0.05) is 61.5 Å². The number of carboxylic acid groups (broad SMARTS) is 2. The van der Waals surface area contributed by atoms with E-state index in [1.165, 1.54) is 5.56 Å². The first-order valence-corrected chi connectivity index (χ1v) is 11.9. The molecule has 3 atom stereocenters. The van der Waals surface area contributed by atoms with Crippen LogP contribution in [0.4, 0.5) is 26.3 Å². The Hall–Kier alpha value is -3.92. The molecule has 1 aromatic carbocycles. The molecule has 0 radical (unpaired) electrons. The summed E-state index contributed by atoms with van der Waals surface area (Å²) in [7, 11) is 1.71. The number of hydrogen-bond acceptors (Lipinski definition) is 7. The van der Waals surface area contributed by atoms with Gasteiger partial charge in [-0.05, 0) is 18.2 Å². The number of fused-ring (bicyclic) bond motifs is 1. The Morgan fingerprint density at radius 2 is 1.56 bits per heavy atom. The second-order valence-electron chi connectivity index (χ2n) is 8.85. The van der Waals surface area contributed by atoms with Crippen molar-refractivity contribution in [3.05, 3.63) is 59.9 Å². The van der Waals surface area contributed by atoms with Crippen LogP contribution in [0.5, 0.6) is 5.75 Å². The average molecular weight is 595 g/mol. The van der Waals surface area contributed by atoms with E-state index in [9.17, 15) is 31.1 Å². The van der Waals surface area contributed by atoms with Gasteiger partial charge in [-0.3, -0.25) is 14.7 Å². The molecule has 0 aliphatic carbocycles. The molecule has 2 fully saturated rings. The highest BCUT2D eigenvalue weighted by Crippen LogP contribution is 2.34. The number of carbonyl (C=O) groups is 3. The van der Waals surface area contributed by atoms with Crippen LogP contribution in [0.2, 0.25) is 0 Å². The van der Waals surface area contributed by atoms with E-state index in [0.717, 1.165) is 25.4 Å². The zero-order chi connectivity index (χ0) is 30.8. The lowest BCUT2D eigenvalue weighted by molar-refractivity contribution is -0.193. The first-order chi connectivity index (χ1) is 19.1. The summed E-state index contributed by atoms with van der Waals surface area (Å²) in [6.07, 6.45) is -6.64. The number of likely N-dealkylation sites (tertiary alicyclic amines) is 1. The molecule has 0 bridgehead atoms. The highest BCUT2D eigenvalue weighted by Gasteiger charge is 2.44. The average Bonchev–Trinajstić information content (AvgIpc) is 3.48. The highest BCUT2D eigenvalue weighted by molar-refractivity contribution is 5.93. The molecule has 226 valence electrons. The van der Waals surface area contributed by atoms with E-state index in [4.69, 9.17) is 29.3 Å². The van der Waals surface area contributed by atoms with Gasteiger partial charge < -0.3 is 25.0 Å². The Bertz CT molecular complexity index is 1140. The molecule has 2 aromatic rings. The Balaban J connectivity index is 0.000000349. The maximum Gasteiger partial charge on any atom is 0.490 e. The zero-order valence-corrected chi connectivity index (χ0v) is 21.5. The van der Waals surface area contributed by atoms with Crippen molar-refractivity contribution in [1.82, 2.24) is 15.2 Å². The number of amides is 1. The van der Waals surface area contributed by atoms with Crippen LogP contribution in [0.1, 0.15) is 15.9 Å². The molecule has 0 saturated carbocycles. The van der Waals surface area contributed by atoms with Crippen molar-refractivity contribution in [3.63, 3.8) is 0 Å². The first kappa shape index (κ1) is 33.3. The summed E-state index contributed by atoms with van der Waals surface area (Å²) in [5.41, 5.74) is 1.84. The van der Waals surface area contributed by atoms with E-state index in [2.05, 4.69) is 21.3 Å². The molecule has 0 unspecified atom stereocenters. The second-order valence-corrected chi connectivity index (χ2v) is 8.85. The number of para-hydroxylation sites is 1. The predicted octanol–water partition coefficient (Wildman–Crippen LogP) is 3.23. The number of alkyl halides is 6. The van der Waals surface area contributed by atoms with E-state index in [1.54, 1.807) is 31.6 Å². The smallest absolute Gasteiger partial charge is 0.490 e. The number of aliphatic carboxylic acids is 2. The quantitative estimate of drug-likeness (QED) is 0.430. The molecule has 4 rings (SSSR count). The van der Waals surface area contributed by atoms with Crippen LogP contribution in [-0.2, 0) is 20.9 Å². The van der Waals surface area contributed by atoms with Crippen molar-refractivity contribution >= 4 is 17.8 Å². The second kappa shape index (κ2) is 14.6. The summed E-state index contributed by atoms with van der Waals surface area (Å²) in [5, 5.41) is 17.3. The van der Waals surface area contributed by atoms with Crippen LogP contribution in [0.25, 0.3) is 0 Å². The normalized spacial score (nSPS) is 20.0. The molecule has 2 aliphatic heterocycles. The van der Waals surface area contributed by atoms with Gasteiger partial charge in [0.1, 0.15) is 5.75 Å². The maximum atomic E-state index is 12.3. The van der Waals surface area contributed by atoms with Gasteiger partial charge in [0.2, 0.25) is 0 Å². The van der Waals surface area contributed by atoms with Gasteiger partial charge in [-0.1, -0.05) is 18.2 Å². The Labute approximate surface area is 229 Å². The minimum atomic E-state index is -5.08. The number of aromatic nitrogens is 1. The Morgan fingerprint density at radius 1 is 1.00 bits per heavy atom. The van der Waals surface area contributed by atoms with Crippen molar-refractivity contribution < 1.29 is 60.4 Å². The number of rotatable bonds is 6. The third-order valence-corrected chi connectivity index (χ3v) is 6.05. The molecule has 16 heteroatoms. The number of ether oxygens (including phenoxy) is 2. The molecule has 3 N–H and O–H groups in total. The van der Waals surface area contributed by atoms with Crippen LogP contribution in [0.3, 0.4) is 0 Å². The standard InChI is InChI=1S/C21H25N3O3.2C2HF3O2/c1-26-19-5-3-2-4-16(19)11-24-12-18-17(14-27-20(18)13-24)10-23-21(25)15-6-8-22-9-7-15;2*3-2(4,5)1(6)7/h2-9,17-18,20H,10-14H2,1H3,(H,23,25);2*(H,6,7)/t17-,18-,20-;;/m1../s1.